The van der Waals surface area contributed by atoms with Crippen molar-refractivity contribution in [1.29, 1.82) is 0 Å². The van der Waals surface area contributed by atoms with Gasteiger partial charge >= 0.3 is 5.69 Å². The lowest BCUT2D eigenvalue weighted by Crippen LogP contribution is -2.47. The van der Waals surface area contributed by atoms with Gasteiger partial charge in [0, 0.05) is 53.4 Å². The summed E-state index contributed by atoms with van der Waals surface area (Å²) in [5.41, 5.74) is 1.31. The number of aromatic nitrogens is 4. The normalized spacial score (nSPS) is 14.9. The molecule has 0 bridgehead atoms. The number of benzene rings is 1. The molecule has 2 aromatic heterocycles. The third-order valence-corrected chi connectivity index (χ3v) is 5.76. The molecule has 1 saturated heterocycles. The second-order valence-corrected chi connectivity index (χ2v) is 7.50. The number of fused-ring (bicyclic) bond motifs is 1. The molecule has 0 radical (unpaired) electrons. The van der Waals surface area contributed by atoms with Crippen molar-refractivity contribution in [2.24, 2.45) is 14.1 Å². The first kappa shape index (κ1) is 21.4. The average Bonchev–Trinajstić information content (AvgIpc) is 3.14. The molecule has 8 nitrogen and oxygen atoms in total. The van der Waals surface area contributed by atoms with Gasteiger partial charge in [-0.05, 0) is 12.1 Å². The lowest BCUT2D eigenvalue weighted by Gasteiger charge is -2.36. The van der Waals surface area contributed by atoms with Crippen molar-refractivity contribution in [3.8, 4) is 0 Å². The van der Waals surface area contributed by atoms with Crippen molar-refractivity contribution in [2.45, 2.75) is 6.54 Å². The molecule has 1 aliphatic rings. The lowest BCUT2D eigenvalue weighted by atomic mass is 10.2. The van der Waals surface area contributed by atoms with Crippen LogP contribution in [0.4, 0.5) is 5.69 Å². The predicted molar refractivity (Wildman–Crippen MR) is 118 cm³/mol. The molecule has 0 saturated carbocycles. The quantitative estimate of drug-likeness (QED) is 0.614. The monoisotopic (exact) mass is 438 g/mol. The highest BCUT2D eigenvalue weighted by atomic mass is 35.5. The van der Waals surface area contributed by atoms with Crippen molar-refractivity contribution in [3.05, 3.63) is 56.5 Å². The lowest BCUT2D eigenvalue weighted by molar-refractivity contribution is 0.249. The highest BCUT2D eigenvalue weighted by molar-refractivity contribution is 6.33. The minimum Gasteiger partial charge on any atom is -0.368 e. The molecule has 0 atom stereocenters. The largest absolute Gasteiger partial charge is 0.368 e. The third-order valence-electron chi connectivity index (χ3n) is 5.44. The summed E-state index contributed by atoms with van der Waals surface area (Å²) in [7, 11) is 3.13. The topological polar surface area (TPSA) is 68.3 Å². The summed E-state index contributed by atoms with van der Waals surface area (Å²) < 4.78 is 4.38. The highest BCUT2D eigenvalue weighted by Gasteiger charge is 2.19. The molecule has 0 amide bonds. The van der Waals surface area contributed by atoms with E-state index in [2.05, 4.69) is 20.9 Å². The van der Waals surface area contributed by atoms with Crippen LogP contribution in [0, 0.1) is 0 Å². The van der Waals surface area contributed by atoms with Gasteiger partial charge < -0.3 is 9.47 Å². The van der Waals surface area contributed by atoms with Crippen LogP contribution in [0.2, 0.25) is 5.02 Å². The second kappa shape index (κ2) is 8.61. The Hall–Kier alpha value is -2.29. The third kappa shape index (κ3) is 3.92. The molecule has 1 fully saturated rings. The van der Waals surface area contributed by atoms with E-state index < -0.39 is 0 Å². The van der Waals surface area contributed by atoms with Crippen LogP contribution in [0.25, 0.3) is 11.2 Å². The minimum atomic E-state index is -0.363. The Morgan fingerprint density at radius 1 is 1.00 bits per heavy atom. The molecule has 10 heteroatoms. The van der Waals surface area contributed by atoms with Crippen LogP contribution in [0.1, 0.15) is 0 Å². The molecule has 0 aliphatic carbocycles. The number of nitrogens with zero attached hydrogens (tertiary/aromatic N) is 6. The Kier molecular flexibility index (Phi) is 6.36. The van der Waals surface area contributed by atoms with Gasteiger partial charge in [0.05, 0.1) is 17.0 Å². The summed E-state index contributed by atoms with van der Waals surface area (Å²) in [5, 5.41) is 0.780. The van der Waals surface area contributed by atoms with E-state index in [0.29, 0.717) is 17.7 Å². The first-order valence-corrected chi connectivity index (χ1v) is 9.68. The van der Waals surface area contributed by atoms with Crippen molar-refractivity contribution in [3.63, 3.8) is 0 Å². The maximum atomic E-state index is 12.5. The second-order valence-electron chi connectivity index (χ2n) is 7.10. The van der Waals surface area contributed by atoms with Crippen molar-refractivity contribution >= 4 is 40.9 Å². The number of hydrogen-bond donors (Lipinski definition) is 0. The van der Waals surface area contributed by atoms with Gasteiger partial charge in [-0.3, -0.25) is 18.8 Å². The van der Waals surface area contributed by atoms with Crippen LogP contribution in [0.5, 0.6) is 0 Å². The van der Waals surface area contributed by atoms with Gasteiger partial charge in [-0.15, -0.1) is 12.4 Å². The van der Waals surface area contributed by atoms with Crippen LogP contribution in [0.3, 0.4) is 0 Å². The molecule has 1 aromatic carbocycles. The van der Waals surface area contributed by atoms with Gasteiger partial charge in [-0.25, -0.2) is 9.78 Å². The summed E-state index contributed by atoms with van der Waals surface area (Å²) in [6.45, 7) is 5.13. The molecule has 0 spiro atoms. The van der Waals surface area contributed by atoms with E-state index in [1.807, 2.05) is 22.8 Å². The number of hydrogen-bond acceptors (Lipinski definition) is 5. The first-order valence-electron chi connectivity index (χ1n) is 9.30. The van der Waals surface area contributed by atoms with Gasteiger partial charge in [-0.2, -0.15) is 0 Å². The Balaban J connectivity index is 0.00000240. The summed E-state index contributed by atoms with van der Waals surface area (Å²) in [6, 6.07) is 7.92. The van der Waals surface area contributed by atoms with E-state index in [9.17, 15) is 9.59 Å². The Labute approximate surface area is 179 Å². The van der Waals surface area contributed by atoms with E-state index in [1.165, 1.54) is 11.6 Å². The van der Waals surface area contributed by atoms with Crippen LogP contribution < -0.4 is 16.1 Å². The number of imidazole rings is 1. The fraction of sp³-hybridized carbons (Fsp3) is 0.421. The van der Waals surface area contributed by atoms with E-state index in [0.717, 1.165) is 48.0 Å². The van der Waals surface area contributed by atoms with E-state index in [1.54, 1.807) is 13.4 Å². The van der Waals surface area contributed by atoms with Crippen molar-refractivity contribution < 1.29 is 0 Å². The molecule has 156 valence electrons. The van der Waals surface area contributed by atoms with Gasteiger partial charge in [-0.1, -0.05) is 23.7 Å². The molecule has 4 rings (SSSR count). The number of anilines is 1. The standard InChI is InChI=1S/C19H23ClN6O2.ClH/c1-22-17-16(18(27)23(2)19(22)28)26(13-21-17)12-9-24-7-10-25(11-8-24)15-6-4-3-5-14(15)20;/h3-6,13H,7-12H2,1-2H3;1H. The van der Waals surface area contributed by atoms with Crippen molar-refractivity contribution in [1.82, 2.24) is 23.6 Å². The zero-order valence-electron chi connectivity index (χ0n) is 16.4. The first-order chi connectivity index (χ1) is 13.5. The molecule has 1 aliphatic heterocycles. The van der Waals surface area contributed by atoms with E-state index >= 15 is 0 Å². The molecule has 0 unspecified atom stereocenters. The van der Waals surface area contributed by atoms with Gasteiger partial charge in [0.15, 0.2) is 11.2 Å². The van der Waals surface area contributed by atoms with Gasteiger partial charge in [0.25, 0.3) is 5.56 Å². The van der Waals surface area contributed by atoms with E-state index in [-0.39, 0.29) is 23.7 Å². The molecule has 0 N–H and O–H groups in total. The Morgan fingerprint density at radius 3 is 2.38 bits per heavy atom. The fourth-order valence-electron chi connectivity index (χ4n) is 3.74. The van der Waals surface area contributed by atoms with Crippen LogP contribution in [-0.2, 0) is 20.6 Å². The molecular formula is C19H24Cl2N6O2. The number of rotatable bonds is 4. The summed E-state index contributed by atoms with van der Waals surface area (Å²) in [6.07, 6.45) is 1.64. The Bertz CT molecular complexity index is 1130. The maximum absolute atomic E-state index is 12.5. The minimum absolute atomic E-state index is 0. The van der Waals surface area contributed by atoms with E-state index in [4.69, 9.17) is 11.6 Å². The number of piperazine rings is 1. The van der Waals surface area contributed by atoms with Gasteiger partial charge in [0.2, 0.25) is 0 Å². The number of para-hydroxylation sites is 1. The molecule has 29 heavy (non-hydrogen) atoms. The Morgan fingerprint density at radius 2 is 1.69 bits per heavy atom. The number of halogens is 2. The smallest absolute Gasteiger partial charge is 0.332 e. The zero-order valence-corrected chi connectivity index (χ0v) is 18.0. The van der Waals surface area contributed by atoms with Crippen LogP contribution >= 0.6 is 24.0 Å². The van der Waals surface area contributed by atoms with Crippen molar-refractivity contribution in [2.75, 3.05) is 37.6 Å². The SMILES string of the molecule is Cl.Cn1c(=O)c2c(ncn2CCN2CCN(c3ccccc3Cl)CC2)n(C)c1=O. The summed E-state index contributed by atoms with van der Waals surface area (Å²) in [5.74, 6) is 0. The fourth-order valence-corrected chi connectivity index (χ4v) is 3.99. The summed E-state index contributed by atoms with van der Waals surface area (Å²) in [4.78, 5) is 33.5. The molecular weight excluding hydrogens is 415 g/mol. The summed E-state index contributed by atoms with van der Waals surface area (Å²) >= 11 is 6.31. The average molecular weight is 439 g/mol. The highest BCUT2D eigenvalue weighted by Crippen LogP contribution is 2.26. The molecule has 3 heterocycles. The van der Waals surface area contributed by atoms with Gasteiger partial charge in [0.1, 0.15) is 0 Å². The zero-order chi connectivity index (χ0) is 19.8. The maximum Gasteiger partial charge on any atom is 0.332 e. The molecule has 3 aromatic rings. The number of aryl methyl sites for hydroxylation is 1. The van der Waals surface area contributed by atoms with Crippen LogP contribution in [0.15, 0.2) is 40.2 Å². The predicted octanol–water partition coefficient (Wildman–Crippen LogP) is 1.33. The van der Waals surface area contributed by atoms with Crippen LogP contribution in [-0.4, -0.2) is 56.3 Å².